The van der Waals surface area contributed by atoms with Crippen molar-refractivity contribution in [3.8, 4) is 45.7 Å². The van der Waals surface area contributed by atoms with Gasteiger partial charge in [0.1, 0.15) is 11.5 Å². The summed E-state index contributed by atoms with van der Waals surface area (Å²) in [5.41, 5.74) is 4.73. The molecule has 2 aromatic carbocycles. The molecule has 0 N–H and O–H groups in total. The van der Waals surface area contributed by atoms with Crippen molar-refractivity contribution < 1.29 is 13.9 Å². The first kappa shape index (κ1) is 20.8. The van der Waals surface area contributed by atoms with Crippen LogP contribution in [0.2, 0.25) is 5.02 Å². The van der Waals surface area contributed by atoms with E-state index in [-0.39, 0.29) is 18.9 Å². The van der Waals surface area contributed by atoms with Crippen LogP contribution in [-0.2, 0) is 4.79 Å². The number of benzene rings is 2. The third kappa shape index (κ3) is 4.19. The van der Waals surface area contributed by atoms with Crippen molar-refractivity contribution in [2.24, 2.45) is 0 Å². The minimum Gasteiger partial charge on any atom is -0.482 e. The number of nitriles is 1. The number of halogens is 1. The average molecular weight is 456 g/mol. The van der Waals surface area contributed by atoms with Crippen LogP contribution < -0.4 is 9.64 Å². The Kier molecular flexibility index (Phi) is 5.55. The smallest absolute Gasteiger partial charge is 0.265 e. The standard InChI is InChI=1S/C26H18ClN3O3/c27-20-7-4-17(5-8-20)21-13-19(24-3-1-12-32-24)14-22(29-21)18-6-9-25-23(15-18)30(11-2-10-28)26(31)16-33-25/h1,3-9,12-15H,2,11,16H2. The Labute approximate surface area is 195 Å². The predicted octanol–water partition coefficient (Wildman–Crippen LogP) is 5.97. The molecule has 1 aliphatic heterocycles. The molecular weight excluding hydrogens is 438 g/mol. The molecule has 1 aliphatic rings. The molecule has 7 heteroatoms. The molecule has 2 aromatic heterocycles. The van der Waals surface area contributed by atoms with E-state index in [1.54, 1.807) is 11.2 Å². The first-order valence-corrected chi connectivity index (χ1v) is 10.8. The lowest BCUT2D eigenvalue weighted by atomic mass is 10.0. The second-order valence-electron chi connectivity index (χ2n) is 7.54. The van der Waals surface area contributed by atoms with Crippen molar-refractivity contribution in [3.05, 3.63) is 78.0 Å². The number of hydrogen-bond acceptors (Lipinski definition) is 5. The Bertz CT molecular complexity index is 1360. The van der Waals surface area contributed by atoms with Crippen LogP contribution in [0.1, 0.15) is 6.42 Å². The maximum Gasteiger partial charge on any atom is 0.265 e. The van der Waals surface area contributed by atoms with Crippen LogP contribution in [0, 0.1) is 11.3 Å². The maximum atomic E-state index is 12.4. The second kappa shape index (κ2) is 8.81. The van der Waals surface area contributed by atoms with Crippen LogP contribution in [0.3, 0.4) is 0 Å². The summed E-state index contributed by atoms with van der Waals surface area (Å²) in [6.07, 6.45) is 1.87. The Morgan fingerprint density at radius 3 is 2.48 bits per heavy atom. The molecule has 3 heterocycles. The van der Waals surface area contributed by atoms with Gasteiger partial charge in [-0.2, -0.15) is 5.26 Å². The highest BCUT2D eigenvalue weighted by molar-refractivity contribution is 6.30. The number of nitrogens with zero attached hydrogens (tertiary/aromatic N) is 3. The van der Waals surface area contributed by atoms with E-state index in [1.807, 2.05) is 66.7 Å². The van der Waals surface area contributed by atoms with Crippen LogP contribution in [0.15, 0.2) is 77.4 Å². The van der Waals surface area contributed by atoms with Crippen molar-refractivity contribution in [1.29, 1.82) is 5.26 Å². The van der Waals surface area contributed by atoms with E-state index in [2.05, 4.69) is 6.07 Å². The number of hydrogen-bond donors (Lipinski definition) is 0. The third-order valence-electron chi connectivity index (χ3n) is 5.42. The van der Waals surface area contributed by atoms with Crippen molar-refractivity contribution in [1.82, 2.24) is 4.98 Å². The summed E-state index contributed by atoms with van der Waals surface area (Å²) in [5, 5.41) is 9.65. The monoisotopic (exact) mass is 455 g/mol. The molecule has 0 bridgehead atoms. The quantitative estimate of drug-likeness (QED) is 0.370. The SMILES string of the molecule is N#CCCN1C(=O)COc2ccc(-c3cc(-c4ccco4)cc(-c4ccc(Cl)cc4)n3)cc21. The van der Waals surface area contributed by atoms with Crippen molar-refractivity contribution in [2.75, 3.05) is 18.1 Å². The molecule has 0 spiro atoms. The molecule has 33 heavy (non-hydrogen) atoms. The lowest BCUT2D eigenvalue weighted by molar-refractivity contribution is -0.121. The molecule has 0 atom stereocenters. The van der Waals surface area contributed by atoms with Crippen molar-refractivity contribution in [3.63, 3.8) is 0 Å². The fraction of sp³-hybridized carbons (Fsp3) is 0.115. The van der Waals surface area contributed by atoms with Gasteiger partial charge in [-0.15, -0.1) is 0 Å². The van der Waals surface area contributed by atoms with E-state index < -0.39 is 0 Å². The molecule has 0 saturated heterocycles. The average Bonchev–Trinajstić information content (AvgIpc) is 3.38. The largest absolute Gasteiger partial charge is 0.482 e. The Morgan fingerprint density at radius 1 is 1.00 bits per heavy atom. The molecule has 0 fully saturated rings. The fourth-order valence-electron chi connectivity index (χ4n) is 3.80. The Balaban J connectivity index is 1.63. The number of furan rings is 1. The van der Waals surface area contributed by atoms with Crippen LogP contribution >= 0.6 is 11.6 Å². The van der Waals surface area contributed by atoms with Gasteiger partial charge in [0.25, 0.3) is 5.91 Å². The summed E-state index contributed by atoms with van der Waals surface area (Å²) in [7, 11) is 0. The second-order valence-corrected chi connectivity index (χ2v) is 7.97. The number of fused-ring (bicyclic) bond motifs is 1. The van der Waals surface area contributed by atoms with Crippen LogP contribution in [0.25, 0.3) is 33.8 Å². The number of ether oxygens (including phenoxy) is 1. The molecule has 1 amide bonds. The molecule has 0 radical (unpaired) electrons. The Morgan fingerprint density at radius 2 is 1.76 bits per heavy atom. The van der Waals surface area contributed by atoms with Gasteiger partial charge in [0.05, 0.1) is 35.8 Å². The van der Waals surface area contributed by atoms with Gasteiger partial charge in [0.2, 0.25) is 0 Å². The van der Waals surface area contributed by atoms with Gasteiger partial charge < -0.3 is 14.1 Å². The summed E-state index contributed by atoms with van der Waals surface area (Å²) >= 11 is 6.07. The van der Waals surface area contributed by atoms with E-state index in [0.29, 0.717) is 23.0 Å². The first-order valence-electron chi connectivity index (χ1n) is 10.4. The predicted molar refractivity (Wildman–Crippen MR) is 126 cm³/mol. The zero-order valence-electron chi connectivity index (χ0n) is 17.5. The number of anilines is 1. The van der Waals surface area contributed by atoms with E-state index in [0.717, 1.165) is 33.8 Å². The highest BCUT2D eigenvalue weighted by Crippen LogP contribution is 2.37. The van der Waals surface area contributed by atoms with E-state index in [9.17, 15) is 4.79 Å². The highest BCUT2D eigenvalue weighted by atomic mass is 35.5. The van der Waals surface area contributed by atoms with Gasteiger partial charge in [-0.3, -0.25) is 4.79 Å². The lowest BCUT2D eigenvalue weighted by Gasteiger charge is -2.29. The molecule has 0 unspecified atom stereocenters. The van der Waals surface area contributed by atoms with E-state index >= 15 is 0 Å². The number of pyridine rings is 1. The van der Waals surface area contributed by atoms with Crippen LogP contribution in [0.4, 0.5) is 5.69 Å². The summed E-state index contributed by atoms with van der Waals surface area (Å²) in [4.78, 5) is 18.9. The Hall–Kier alpha value is -4.08. The molecule has 0 aliphatic carbocycles. The number of carbonyl (C=O) groups excluding carboxylic acids is 1. The summed E-state index contributed by atoms with van der Waals surface area (Å²) in [5.74, 6) is 1.16. The molecule has 162 valence electrons. The summed E-state index contributed by atoms with van der Waals surface area (Å²) < 4.78 is 11.2. The molecule has 4 aromatic rings. The number of aromatic nitrogens is 1. The normalized spacial score (nSPS) is 12.7. The molecule has 5 rings (SSSR count). The minimum absolute atomic E-state index is 0.0370. The number of rotatable bonds is 5. The van der Waals surface area contributed by atoms with Gasteiger partial charge in [-0.1, -0.05) is 23.7 Å². The first-order chi connectivity index (χ1) is 16.1. The number of carbonyl (C=O) groups is 1. The lowest BCUT2D eigenvalue weighted by Crippen LogP contribution is -2.39. The van der Waals surface area contributed by atoms with Gasteiger partial charge >= 0.3 is 0 Å². The molecule has 0 saturated carbocycles. The van der Waals surface area contributed by atoms with Gasteiger partial charge in [0, 0.05) is 28.3 Å². The van der Waals surface area contributed by atoms with Gasteiger partial charge in [-0.25, -0.2) is 4.98 Å². The summed E-state index contributed by atoms with van der Waals surface area (Å²) in [6.45, 7) is 0.274. The zero-order valence-corrected chi connectivity index (χ0v) is 18.2. The van der Waals surface area contributed by atoms with Crippen molar-refractivity contribution in [2.45, 2.75) is 6.42 Å². The fourth-order valence-corrected chi connectivity index (χ4v) is 3.93. The van der Waals surface area contributed by atoms with E-state index in [1.165, 1.54) is 0 Å². The molecular formula is C26H18ClN3O3. The van der Waals surface area contributed by atoms with Crippen molar-refractivity contribution >= 4 is 23.2 Å². The number of amides is 1. The van der Waals surface area contributed by atoms with Crippen LogP contribution in [-0.4, -0.2) is 24.0 Å². The van der Waals surface area contributed by atoms with E-state index in [4.69, 9.17) is 31.0 Å². The molecule has 6 nitrogen and oxygen atoms in total. The van der Waals surface area contributed by atoms with Crippen LogP contribution in [0.5, 0.6) is 5.75 Å². The topological polar surface area (TPSA) is 79.4 Å². The third-order valence-corrected chi connectivity index (χ3v) is 5.67. The zero-order chi connectivity index (χ0) is 22.8. The van der Waals surface area contributed by atoms with Gasteiger partial charge in [-0.05, 0) is 54.6 Å². The minimum atomic E-state index is -0.172. The summed E-state index contributed by atoms with van der Waals surface area (Å²) in [6, 6.07) is 22.9. The van der Waals surface area contributed by atoms with Gasteiger partial charge in [0.15, 0.2) is 6.61 Å². The maximum absolute atomic E-state index is 12.4. The highest BCUT2D eigenvalue weighted by Gasteiger charge is 2.26.